The van der Waals surface area contributed by atoms with Crippen LogP contribution in [0.4, 0.5) is 0 Å². The van der Waals surface area contributed by atoms with Crippen molar-refractivity contribution in [2.24, 2.45) is 0 Å². The summed E-state index contributed by atoms with van der Waals surface area (Å²) in [6, 6.07) is 0. The van der Waals surface area contributed by atoms with Gasteiger partial charge in [0.1, 0.15) is 0 Å². The molecule has 4 nitrogen and oxygen atoms in total. The van der Waals surface area contributed by atoms with Crippen molar-refractivity contribution in [3.8, 4) is 0 Å². The molecule has 0 amide bonds. The van der Waals surface area contributed by atoms with E-state index in [1.807, 2.05) is 0 Å². The summed E-state index contributed by atoms with van der Waals surface area (Å²) in [4.78, 5) is 0. The molecule has 6 N–H and O–H groups in total. The third-order valence-corrected chi connectivity index (χ3v) is 0. The minimum Gasteiger partial charge on any atom is -0.870 e. The van der Waals surface area contributed by atoms with Crippen LogP contribution in [0.25, 0.3) is 0 Å². The van der Waals surface area contributed by atoms with Crippen molar-refractivity contribution >= 4 is 0 Å². The summed E-state index contributed by atoms with van der Waals surface area (Å²) in [7, 11) is 0. The van der Waals surface area contributed by atoms with Crippen LogP contribution in [0.5, 0.6) is 0 Å². The molecule has 0 unspecified atom stereocenters. The summed E-state index contributed by atoms with van der Waals surface area (Å²) in [6.45, 7) is 0. The van der Waals surface area contributed by atoms with Gasteiger partial charge in [0, 0.05) is 21.1 Å². The van der Waals surface area contributed by atoms with Gasteiger partial charge in [-0.05, 0) is 0 Å². The second-order valence-electron chi connectivity index (χ2n) is 0. The van der Waals surface area contributed by atoms with Crippen LogP contribution in [0, 0.1) is 0 Å². The van der Waals surface area contributed by atoms with Crippen molar-refractivity contribution in [2.75, 3.05) is 0 Å². The molecule has 0 aromatic heterocycles. The molecule has 0 aliphatic carbocycles. The van der Waals surface area contributed by atoms with Crippen molar-refractivity contribution in [1.82, 2.24) is 0 Å². The molecule has 0 aromatic carbocycles. The SMILES string of the molecule is O.O.[Cu+2].[OH-].[OH-].[W]. The molecule has 0 atom stereocenters. The maximum Gasteiger partial charge on any atom is 2.00 e. The molecule has 0 fully saturated rings. The van der Waals surface area contributed by atoms with Crippen molar-refractivity contribution in [2.45, 2.75) is 0 Å². The monoisotopic (exact) mass is 317 g/mol. The first-order valence-electron chi connectivity index (χ1n) is 0. The molecule has 0 bridgehead atoms. The molecule has 0 aromatic rings. The maximum atomic E-state index is 0. The third kappa shape index (κ3) is 75.3. The quantitative estimate of drug-likeness (QED) is 0.479. The Hall–Kier alpha value is 1.05. The summed E-state index contributed by atoms with van der Waals surface area (Å²) in [5.74, 6) is 0. The van der Waals surface area contributed by atoms with Gasteiger partial charge in [0.2, 0.25) is 0 Å². The second kappa shape index (κ2) is 140. The standard InChI is InChI=1S/Cu.4H2O.W/h;4*1H2;/q+2;;;;;/p-2. The predicted octanol–water partition coefficient (Wildman–Crippen LogP) is -2.01. The number of hydrogen-bond acceptors (Lipinski definition) is 2. The average Bonchev–Trinajstić information content (AvgIpc) is 0. The van der Waals surface area contributed by atoms with Crippen molar-refractivity contribution in [3.05, 3.63) is 0 Å². The zero-order valence-corrected chi connectivity index (χ0v) is 6.48. The van der Waals surface area contributed by atoms with Crippen LogP contribution >= 0.6 is 0 Å². The number of rotatable bonds is 0. The van der Waals surface area contributed by atoms with Gasteiger partial charge in [0.25, 0.3) is 0 Å². The molecular formula is H6CuO4W. The fourth-order valence-corrected chi connectivity index (χ4v) is 0. The molecule has 0 saturated heterocycles. The molecule has 47 valence electrons. The minimum absolute atomic E-state index is 0. The maximum absolute atomic E-state index is 0. The summed E-state index contributed by atoms with van der Waals surface area (Å²) >= 11 is 0. The summed E-state index contributed by atoms with van der Waals surface area (Å²) < 4.78 is 0. The van der Waals surface area contributed by atoms with E-state index in [2.05, 4.69) is 0 Å². The van der Waals surface area contributed by atoms with Crippen molar-refractivity contribution in [1.29, 1.82) is 0 Å². The van der Waals surface area contributed by atoms with E-state index in [4.69, 9.17) is 0 Å². The van der Waals surface area contributed by atoms with Gasteiger partial charge < -0.3 is 21.9 Å². The van der Waals surface area contributed by atoms with E-state index in [0.29, 0.717) is 0 Å². The molecular weight excluding hydrogens is 311 g/mol. The Balaban J connectivity index is 0. The topological polar surface area (TPSA) is 123 Å². The molecule has 0 heterocycles. The average molecular weight is 317 g/mol. The van der Waals surface area contributed by atoms with Gasteiger partial charge in [-0.25, -0.2) is 0 Å². The van der Waals surface area contributed by atoms with E-state index >= 15 is 0 Å². The molecule has 0 saturated carbocycles. The van der Waals surface area contributed by atoms with E-state index in [-0.39, 0.29) is 60.0 Å². The van der Waals surface area contributed by atoms with E-state index in [1.54, 1.807) is 0 Å². The van der Waals surface area contributed by atoms with Crippen molar-refractivity contribution < 1.29 is 60.0 Å². The first-order chi connectivity index (χ1) is 0. The van der Waals surface area contributed by atoms with Crippen LogP contribution < -0.4 is 0 Å². The fraction of sp³-hybridized carbons (Fsp3) is 0. The summed E-state index contributed by atoms with van der Waals surface area (Å²) in [5, 5.41) is 0. The van der Waals surface area contributed by atoms with E-state index in [9.17, 15) is 0 Å². The Bertz CT molecular complexity index is 7.51. The normalized spacial score (nSPS) is 0. The van der Waals surface area contributed by atoms with Gasteiger partial charge >= 0.3 is 17.1 Å². The Morgan fingerprint density at radius 3 is 0.667 bits per heavy atom. The Morgan fingerprint density at radius 1 is 0.667 bits per heavy atom. The molecule has 6 heavy (non-hydrogen) atoms. The Morgan fingerprint density at radius 2 is 0.667 bits per heavy atom. The second-order valence-corrected chi connectivity index (χ2v) is 0. The molecule has 0 spiro atoms. The summed E-state index contributed by atoms with van der Waals surface area (Å²) in [5.41, 5.74) is 0. The van der Waals surface area contributed by atoms with Crippen LogP contribution in [-0.4, -0.2) is 21.9 Å². The van der Waals surface area contributed by atoms with Crippen LogP contribution in [0.1, 0.15) is 0 Å². The molecule has 6 heteroatoms. The van der Waals surface area contributed by atoms with Gasteiger partial charge in [-0.15, -0.1) is 0 Å². The van der Waals surface area contributed by atoms with Crippen LogP contribution in [0.2, 0.25) is 0 Å². The third-order valence-electron chi connectivity index (χ3n) is 0. The van der Waals surface area contributed by atoms with Gasteiger partial charge in [-0.1, -0.05) is 0 Å². The molecule has 1 radical (unpaired) electrons. The van der Waals surface area contributed by atoms with Crippen LogP contribution in [0.3, 0.4) is 0 Å². The van der Waals surface area contributed by atoms with Gasteiger partial charge in [-0.3, -0.25) is 0 Å². The Kier molecular flexibility index (Phi) is 5490. The van der Waals surface area contributed by atoms with Gasteiger partial charge in [0.15, 0.2) is 0 Å². The largest absolute Gasteiger partial charge is 2.00 e. The molecule has 0 aliphatic heterocycles. The zero-order chi connectivity index (χ0) is 0. The van der Waals surface area contributed by atoms with Crippen LogP contribution in [0.15, 0.2) is 0 Å². The molecule has 0 aliphatic rings. The van der Waals surface area contributed by atoms with Crippen molar-refractivity contribution in [3.63, 3.8) is 0 Å². The van der Waals surface area contributed by atoms with Gasteiger partial charge in [-0.2, -0.15) is 0 Å². The fourth-order valence-electron chi connectivity index (χ4n) is 0. The van der Waals surface area contributed by atoms with Gasteiger partial charge in [0.05, 0.1) is 0 Å². The Labute approximate surface area is 60.3 Å². The van der Waals surface area contributed by atoms with E-state index in [1.165, 1.54) is 0 Å². The van der Waals surface area contributed by atoms with Crippen LogP contribution in [-0.2, 0) is 38.1 Å². The zero-order valence-electron chi connectivity index (χ0n) is 2.60. The molecule has 0 rings (SSSR count). The predicted molar refractivity (Wildman–Crippen MR) is 11.1 cm³/mol. The smallest absolute Gasteiger partial charge is 0.870 e. The van der Waals surface area contributed by atoms with E-state index < -0.39 is 0 Å². The first kappa shape index (κ1) is 235. The first-order valence-corrected chi connectivity index (χ1v) is 0. The number of hydrogen-bond donors (Lipinski definition) is 0. The van der Waals surface area contributed by atoms with E-state index in [0.717, 1.165) is 0 Å². The minimum atomic E-state index is 0. The summed E-state index contributed by atoms with van der Waals surface area (Å²) in [6.07, 6.45) is 0.